The molecular weight excluding hydrogens is 340 g/mol. The number of carbonyl (C=O) groups excluding carboxylic acids is 2. The Morgan fingerprint density at radius 3 is 2.30 bits per heavy atom. The van der Waals surface area contributed by atoms with Gasteiger partial charge in [0.05, 0.1) is 6.10 Å². The topological polar surface area (TPSA) is 67.4 Å². The first-order chi connectivity index (χ1) is 13.0. The summed E-state index contributed by atoms with van der Waals surface area (Å²) in [6, 6.07) is 14.8. The standard InChI is InChI=1S/C22H28N2O3/c1-4-27-20(12-13-23-21(25)18-8-6-5-7-9-18)15-24-22(26)19-11-10-16(2)17(3)14-19/h5-11,14,20H,4,12-13,15H2,1-3H3,(H,23,25)(H,24,26). The molecule has 1 atom stereocenters. The molecule has 0 saturated carbocycles. The van der Waals surface area contributed by atoms with Gasteiger partial charge in [0.1, 0.15) is 0 Å². The lowest BCUT2D eigenvalue weighted by Crippen LogP contribution is -2.36. The molecule has 0 fully saturated rings. The maximum atomic E-state index is 12.3. The van der Waals surface area contributed by atoms with E-state index in [0.717, 1.165) is 11.1 Å². The molecular formula is C22H28N2O3. The summed E-state index contributed by atoms with van der Waals surface area (Å²) >= 11 is 0. The van der Waals surface area contributed by atoms with Crippen LogP contribution in [0.3, 0.4) is 0 Å². The number of nitrogens with one attached hydrogen (secondary N) is 2. The molecule has 1 unspecified atom stereocenters. The number of ether oxygens (including phenoxy) is 1. The van der Waals surface area contributed by atoms with Crippen LogP contribution in [-0.4, -0.2) is 37.6 Å². The van der Waals surface area contributed by atoms with Gasteiger partial charge in [0.15, 0.2) is 0 Å². The first kappa shape index (κ1) is 20.6. The Bertz CT molecular complexity index is 759. The summed E-state index contributed by atoms with van der Waals surface area (Å²) in [5.74, 6) is -0.221. The van der Waals surface area contributed by atoms with Gasteiger partial charge in [-0.05, 0) is 62.6 Å². The second kappa shape index (κ2) is 10.5. The van der Waals surface area contributed by atoms with E-state index in [4.69, 9.17) is 4.74 Å². The minimum absolute atomic E-state index is 0.106. The summed E-state index contributed by atoms with van der Waals surface area (Å²) in [6.45, 7) is 7.37. The summed E-state index contributed by atoms with van der Waals surface area (Å²) in [6.07, 6.45) is 0.473. The van der Waals surface area contributed by atoms with Crippen molar-refractivity contribution in [2.45, 2.75) is 33.3 Å². The van der Waals surface area contributed by atoms with Crippen LogP contribution >= 0.6 is 0 Å². The zero-order valence-electron chi connectivity index (χ0n) is 16.2. The zero-order valence-corrected chi connectivity index (χ0v) is 16.2. The highest BCUT2D eigenvalue weighted by molar-refractivity contribution is 5.94. The molecule has 0 aliphatic rings. The van der Waals surface area contributed by atoms with Crippen molar-refractivity contribution >= 4 is 11.8 Å². The van der Waals surface area contributed by atoms with Gasteiger partial charge in [0, 0.05) is 30.8 Å². The summed E-state index contributed by atoms with van der Waals surface area (Å²) in [5, 5.41) is 5.81. The van der Waals surface area contributed by atoms with Gasteiger partial charge in [-0.2, -0.15) is 0 Å². The van der Waals surface area contributed by atoms with Crippen LogP contribution in [0.1, 0.15) is 45.2 Å². The van der Waals surface area contributed by atoms with Crippen molar-refractivity contribution in [1.82, 2.24) is 10.6 Å². The molecule has 144 valence electrons. The smallest absolute Gasteiger partial charge is 0.251 e. The van der Waals surface area contributed by atoms with E-state index in [1.54, 1.807) is 12.1 Å². The molecule has 0 aliphatic carbocycles. The fourth-order valence-electron chi connectivity index (χ4n) is 2.71. The zero-order chi connectivity index (χ0) is 19.6. The van der Waals surface area contributed by atoms with Crippen molar-refractivity contribution in [1.29, 1.82) is 0 Å². The molecule has 0 aliphatic heterocycles. The fourth-order valence-corrected chi connectivity index (χ4v) is 2.71. The summed E-state index contributed by atoms with van der Waals surface area (Å²) in [7, 11) is 0. The molecule has 2 N–H and O–H groups in total. The molecule has 2 aromatic carbocycles. The number of hydrogen-bond donors (Lipinski definition) is 2. The third-order valence-corrected chi connectivity index (χ3v) is 4.45. The Hall–Kier alpha value is -2.66. The van der Waals surface area contributed by atoms with Crippen molar-refractivity contribution in [2.24, 2.45) is 0 Å². The number of hydrogen-bond acceptors (Lipinski definition) is 3. The van der Waals surface area contributed by atoms with E-state index in [1.807, 2.05) is 57.2 Å². The van der Waals surface area contributed by atoms with Crippen LogP contribution in [0.4, 0.5) is 0 Å². The molecule has 0 aromatic heterocycles. The molecule has 0 saturated heterocycles. The Labute approximate surface area is 161 Å². The second-order valence-electron chi connectivity index (χ2n) is 6.50. The number of rotatable bonds is 9. The quantitative estimate of drug-likeness (QED) is 0.714. The molecule has 0 spiro atoms. The van der Waals surface area contributed by atoms with Gasteiger partial charge in [-0.1, -0.05) is 24.3 Å². The Balaban J connectivity index is 1.81. The van der Waals surface area contributed by atoms with Gasteiger partial charge >= 0.3 is 0 Å². The predicted octanol–water partition coefficient (Wildman–Crippen LogP) is 3.26. The van der Waals surface area contributed by atoms with Gasteiger partial charge in [-0.15, -0.1) is 0 Å². The van der Waals surface area contributed by atoms with Gasteiger partial charge in [0.25, 0.3) is 11.8 Å². The highest BCUT2D eigenvalue weighted by atomic mass is 16.5. The maximum Gasteiger partial charge on any atom is 0.251 e. The van der Waals surface area contributed by atoms with Crippen LogP contribution < -0.4 is 10.6 Å². The van der Waals surface area contributed by atoms with E-state index < -0.39 is 0 Å². The lowest BCUT2D eigenvalue weighted by atomic mass is 10.1. The van der Waals surface area contributed by atoms with Crippen molar-refractivity contribution in [3.05, 3.63) is 70.8 Å². The average molecular weight is 368 g/mol. The third kappa shape index (κ3) is 6.53. The Morgan fingerprint density at radius 1 is 0.926 bits per heavy atom. The molecule has 0 bridgehead atoms. The minimum atomic E-state index is -0.151. The normalized spacial score (nSPS) is 11.7. The molecule has 5 heteroatoms. The molecule has 2 rings (SSSR count). The second-order valence-corrected chi connectivity index (χ2v) is 6.50. The van der Waals surface area contributed by atoms with Crippen LogP contribution in [0, 0.1) is 13.8 Å². The SMILES string of the molecule is CCOC(CCNC(=O)c1ccccc1)CNC(=O)c1ccc(C)c(C)c1. The lowest BCUT2D eigenvalue weighted by molar-refractivity contribution is 0.0534. The van der Waals surface area contributed by atoms with E-state index in [0.29, 0.717) is 37.2 Å². The summed E-state index contributed by atoms with van der Waals surface area (Å²) in [4.78, 5) is 24.4. The fraction of sp³-hybridized carbons (Fsp3) is 0.364. The van der Waals surface area contributed by atoms with Crippen LogP contribution in [0.25, 0.3) is 0 Å². The molecule has 2 aromatic rings. The molecule has 27 heavy (non-hydrogen) atoms. The Kier molecular flexibility index (Phi) is 8.01. The van der Waals surface area contributed by atoms with Crippen molar-refractivity contribution in [3.63, 3.8) is 0 Å². The van der Waals surface area contributed by atoms with Gasteiger partial charge in [0.2, 0.25) is 0 Å². The van der Waals surface area contributed by atoms with Crippen LogP contribution in [0.5, 0.6) is 0 Å². The molecule has 2 amide bonds. The first-order valence-corrected chi connectivity index (χ1v) is 9.31. The van der Waals surface area contributed by atoms with Crippen molar-refractivity contribution < 1.29 is 14.3 Å². The monoisotopic (exact) mass is 368 g/mol. The van der Waals surface area contributed by atoms with Crippen LogP contribution in [0.2, 0.25) is 0 Å². The summed E-state index contributed by atoms with van der Waals surface area (Å²) < 4.78 is 5.69. The van der Waals surface area contributed by atoms with E-state index >= 15 is 0 Å². The van der Waals surface area contributed by atoms with E-state index in [-0.39, 0.29) is 17.9 Å². The van der Waals surface area contributed by atoms with Crippen molar-refractivity contribution in [3.8, 4) is 0 Å². The highest BCUT2D eigenvalue weighted by Crippen LogP contribution is 2.10. The lowest BCUT2D eigenvalue weighted by Gasteiger charge is -2.18. The summed E-state index contributed by atoms with van der Waals surface area (Å²) in [5.41, 5.74) is 3.53. The van der Waals surface area contributed by atoms with E-state index in [1.165, 1.54) is 0 Å². The van der Waals surface area contributed by atoms with Crippen LogP contribution in [-0.2, 0) is 4.74 Å². The van der Waals surface area contributed by atoms with Crippen molar-refractivity contribution in [2.75, 3.05) is 19.7 Å². The highest BCUT2D eigenvalue weighted by Gasteiger charge is 2.13. The van der Waals surface area contributed by atoms with Gasteiger partial charge < -0.3 is 15.4 Å². The largest absolute Gasteiger partial charge is 0.377 e. The Morgan fingerprint density at radius 2 is 1.63 bits per heavy atom. The first-order valence-electron chi connectivity index (χ1n) is 9.31. The number of benzene rings is 2. The number of carbonyl (C=O) groups is 2. The minimum Gasteiger partial charge on any atom is -0.377 e. The van der Waals surface area contributed by atoms with E-state index in [9.17, 15) is 9.59 Å². The number of aryl methyl sites for hydroxylation is 2. The van der Waals surface area contributed by atoms with Gasteiger partial charge in [-0.3, -0.25) is 9.59 Å². The van der Waals surface area contributed by atoms with Crippen LogP contribution in [0.15, 0.2) is 48.5 Å². The third-order valence-electron chi connectivity index (χ3n) is 4.45. The molecule has 5 nitrogen and oxygen atoms in total. The maximum absolute atomic E-state index is 12.3. The van der Waals surface area contributed by atoms with E-state index in [2.05, 4.69) is 10.6 Å². The molecule has 0 heterocycles. The molecule has 0 radical (unpaired) electrons. The number of amides is 2. The predicted molar refractivity (Wildman–Crippen MR) is 107 cm³/mol. The average Bonchev–Trinajstić information content (AvgIpc) is 2.68. The van der Waals surface area contributed by atoms with Gasteiger partial charge in [-0.25, -0.2) is 0 Å².